The fourth-order valence-corrected chi connectivity index (χ4v) is 2.32. The van der Waals surface area contributed by atoms with Gasteiger partial charge in [0.25, 0.3) is 0 Å². The largest absolute Gasteiger partial charge is 0.389 e. The molecule has 2 nitrogen and oxygen atoms in total. The Balaban J connectivity index is 2.20. The summed E-state index contributed by atoms with van der Waals surface area (Å²) >= 11 is 6.29. The van der Waals surface area contributed by atoms with Crippen LogP contribution in [0.15, 0.2) is 18.2 Å². The normalized spacial score (nSPS) is 16.1. The Kier molecular flexibility index (Phi) is 4.16. The average molecular weight is 264 g/mol. The lowest BCUT2D eigenvalue weighted by Crippen LogP contribution is -2.26. The first kappa shape index (κ1) is 13.3. The van der Waals surface area contributed by atoms with E-state index in [1.165, 1.54) is 12.8 Å². The molecule has 0 spiro atoms. The van der Waals surface area contributed by atoms with Crippen LogP contribution in [0.1, 0.15) is 31.4 Å². The van der Waals surface area contributed by atoms with Gasteiger partial charge in [-0.15, -0.1) is 6.42 Å². The first-order valence-corrected chi connectivity index (χ1v) is 6.65. The van der Waals surface area contributed by atoms with E-state index < -0.39 is 6.10 Å². The molecule has 0 aliphatic heterocycles. The number of halogens is 1. The van der Waals surface area contributed by atoms with Crippen LogP contribution in [0.3, 0.4) is 0 Å². The van der Waals surface area contributed by atoms with Crippen LogP contribution in [0.2, 0.25) is 5.02 Å². The van der Waals surface area contributed by atoms with E-state index in [1.54, 1.807) is 6.92 Å². The highest BCUT2D eigenvalue weighted by atomic mass is 35.5. The van der Waals surface area contributed by atoms with Crippen molar-refractivity contribution in [2.45, 2.75) is 25.9 Å². The van der Waals surface area contributed by atoms with Gasteiger partial charge in [-0.2, -0.15) is 0 Å². The molecule has 96 valence electrons. The van der Waals surface area contributed by atoms with E-state index >= 15 is 0 Å². The molecule has 1 aliphatic carbocycles. The van der Waals surface area contributed by atoms with Crippen molar-refractivity contribution in [1.29, 1.82) is 0 Å². The van der Waals surface area contributed by atoms with Gasteiger partial charge in [-0.1, -0.05) is 23.6 Å². The topological polar surface area (TPSA) is 23.5 Å². The number of aliphatic hydroxyl groups excluding tert-OH is 1. The summed E-state index contributed by atoms with van der Waals surface area (Å²) in [7, 11) is 0. The number of terminal acetylenes is 1. The van der Waals surface area contributed by atoms with Crippen LogP contribution in [0, 0.1) is 18.3 Å². The third-order valence-electron chi connectivity index (χ3n) is 3.25. The van der Waals surface area contributed by atoms with E-state index in [-0.39, 0.29) is 0 Å². The lowest BCUT2D eigenvalue weighted by Gasteiger charge is -2.24. The van der Waals surface area contributed by atoms with Gasteiger partial charge < -0.3 is 10.0 Å². The Morgan fingerprint density at radius 1 is 1.56 bits per heavy atom. The summed E-state index contributed by atoms with van der Waals surface area (Å²) in [6.45, 7) is 3.27. The molecule has 0 amide bonds. The van der Waals surface area contributed by atoms with Crippen molar-refractivity contribution in [3.63, 3.8) is 0 Å². The first-order valence-electron chi connectivity index (χ1n) is 6.27. The summed E-state index contributed by atoms with van der Waals surface area (Å²) in [6, 6.07) is 5.67. The molecular formula is C15H18ClNO. The fraction of sp³-hybridized carbons (Fsp3) is 0.467. The quantitative estimate of drug-likeness (QED) is 0.825. The smallest absolute Gasteiger partial charge is 0.0792 e. The number of benzene rings is 1. The summed E-state index contributed by atoms with van der Waals surface area (Å²) in [6.07, 6.45) is 7.48. The molecule has 0 saturated heterocycles. The molecule has 3 heteroatoms. The van der Waals surface area contributed by atoms with Gasteiger partial charge in [0.1, 0.15) is 0 Å². The second-order valence-electron chi connectivity index (χ2n) is 4.91. The highest BCUT2D eigenvalue weighted by Gasteiger charge is 2.25. The molecule has 1 fully saturated rings. The van der Waals surface area contributed by atoms with Gasteiger partial charge in [0.15, 0.2) is 0 Å². The van der Waals surface area contributed by atoms with Crippen LogP contribution in [0.25, 0.3) is 0 Å². The van der Waals surface area contributed by atoms with Gasteiger partial charge in [0.2, 0.25) is 0 Å². The third kappa shape index (κ3) is 3.19. The molecule has 1 unspecified atom stereocenters. The van der Waals surface area contributed by atoms with Crippen molar-refractivity contribution in [1.82, 2.24) is 0 Å². The minimum Gasteiger partial charge on any atom is -0.389 e. The lowest BCUT2D eigenvalue weighted by molar-refractivity contribution is 0.199. The van der Waals surface area contributed by atoms with Gasteiger partial charge in [0, 0.05) is 6.54 Å². The zero-order valence-corrected chi connectivity index (χ0v) is 11.3. The Bertz CT molecular complexity index is 460. The number of nitrogens with zero attached hydrogens (tertiary/aromatic N) is 1. The van der Waals surface area contributed by atoms with Crippen molar-refractivity contribution >= 4 is 17.3 Å². The maximum absolute atomic E-state index is 9.53. The summed E-state index contributed by atoms with van der Waals surface area (Å²) in [5, 5.41) is 10.2. The van der Waals surface area contributed by atoms with Crippen molar-refractivity contribution in [2.24, 2.45) is 5.92 Å². The number of aliphatic hydroxyl groups is 1. The van der Waals surface area contributed by atoms with Crippen molar-refractivity contribution in [3.8, 4) is 12.3 Å². The molecule has 0 radical (unpaired) electrons. The maximum Gasteiger partial charge on any atom is 0.0792 e. The molecule has 1 aromatic rings. The van der Waals surface area contributed by atoms with Crippen molar-refractivity contribution in [2.75, 3.05) is 18.0 Å². The van der Waals surface area contributed by atoms with E-state index in [9.17, 15) is 5.11 Å². The van der Waals surface area contributed by atoms with Crippen molar-refractivity contribution in [3.05, 3.63) is 28.8 Å². The van der Waals surface area contributed by atoms with Gasteiger partial charge in [0.05, 0.1) is 23.4 Å². The average Bonchev–Trinajstić information content (AvgIpc) is 3.12. The Morgan fingerprint density at radius 2 is 2.28 bits per heavy atom. The summed E-state index contributed by atoms with van der Waals surface area (Å²) in [4.78, 5) is 2.14. The van der Waals surface area contributed by atoms with Crippen LogP contribution in [0.4, 0.5) is 5.69 Å². The Morgan fingerprint density at radius 3 is 2.78 bits per heavy atom. The van der Waals surface area contributed by atoms with Crippen LogP contribution >= 0.6 is 11.6 Å². The van der Waals surface area contributed by atoms with Gasteiger partial charge in [-0.05, 0) is 43.4 Å². The second-order valence-corrected chi connectivity index (χ2v) is 5.32. The van der Waals surface area contributed by atoms with Crippen molar-refractivity contribution < 1.29 is 5.11 Å². The van der Waals surface area contributed by atoms with E-state index in [1.807, 2.05) is 18.2 Å². The molecule has 1 N–H and O–H groups in total. The molecule has 0 aromatic heterocycles. The van der Waals surface area contributed by atoms with E-state index in [4.69, 9.17) is 18.0 Å². The number of hydrogen-bond donors (Lipinski definition) is 1. The zero-order valence-electron chi connectivity index (χ0n) is 10.6. The second kappa shape index (κ2) is 5.65. The molecular weight excluding hydrogens is 246 g/mol. The predicted molar refractivity (Wildman–Crippen MR) is 75.9 cm³/mol. The molecule has 1 atom stereocenters. The lowest BCUT2D eigenvalue weighted by atomic mass is 10.1. The number of rotatable bonds is 5. The molecule has 18 heavy (non-hydrogen) atoms. The summed E-state index contributed by atoms with van der Waals surface area (Å²) < 4.78 is 0. The fourth-order valence-electron chi connectivity index (χ4n) is 2.01. The Hall–Kier alpha value is -1.17. The standard InChI is InChI=1S/C15H18ClNO/c1-3-8-17(10-12-4-5-12)15-7-6-13(11(2)18)9-14(15)16/h1,6-7,9,11-12,18H,4-5,8,10H2,2H3. The minimum atomic E-state index is -0.499. The van der Waals surface area contributed by atoms with E-state index in [0.717, 1.165) is 23.7 Å². The molecule has 1 aromatic carbocycles. The monoisotopic (exact) mass is 263 g/mol. The van der Waals surface area contributed by atoms with E-state index in [0.29, 0.717) is 11.6 Å². The first-order chi connectivity index (χ1) is 8.61. The highest BCUT2D eigenvalue weighted by Crippen LogP contribution is 2.34. The van der Waals surface area contributed by atoms with Crippen LogP contribution in [-0.2, 0) is 0 Å². The van der Waals surface area contributed by atoms with Gasteiger partial charge >= 0.3 is 0 Å². The molecule has 1 saturated carbocycles. The number of anilines is 1. The van der Waals surface area contributed by atoms with Crippen LogP contribution in [-0.4, -0.2) is 18.2 Å². The van der Waals surface area contributed by atoms with E-state index in [2.05, 4.69) is 10.8 Å². The molecule has 2 rings (SSSR count). The molecule has 0 bridgehead atoms. The SMILES string of the molecule is C#CCN(CC1CC1)c1ccc(C(C)O)cc1Cl. The van der Waals surface area contributed by atoms with Gasteiger partial charge in [-0.3, -0.25) is 0 Å². The minimum absolute atomic E-state index is 0.499. The number of hydrogen-bond acceptors (Lipinski definition) is 2. The third-order valence-corrected chi connectivity index (χ3v) is 3.56. The summed E-state index contributed by atoms with van der Waals surface area (Å²) in [5.74, 6) is 3.44. The predicted octanol–water partition coefficient (Wildman–Crippen LogP) is 3.24. The van der Waals surface area contributed by atoms with Crippen LogP contribution < -0.4 is 4.90 Å². The maximum atomic E-state index is 9.53. The Labute approximate surface area is 114 Å². The molecule has 0 heterocycles. The molecule has 1 aliphatic rings. The van der Waals surface area contributed by atoms with Gasteiger partial charge in [-0.25, -0.2) is 0 Å². The zero-order chi connectivity index (χ0) is 13.1. The van der Waals surface area contributed by atoms with Crippen LogP contribution in [0.5, 0.6) is 0 Å². The summed E-state index contributed by atoms with van der Waals surface area (Å²) in [5.41, 5.74) is 1.79. The highest BCUT2D eigenvalue weighted by molar-refractivity contribution is 6.33.